The maximum absolute atomic E-state index is 5.04. The quantitative estimate of drug-likeness (QED) is 0.777. The van der Waals surface area contributed by atoms with Gasteiger partial charge in [-0.3, -0.25) is 4.57 Å². The van der Waals surface area contributed by atoms with Crippen LogP contribution in [0.4, 0.5) is 0 Å². The normalized spacial score (nSPS) is 12.4. The average molecular weight is 264 g/mol. The van der Waals surface area contributed by atoms with Gasteiger partial charge in [0.05, 0.1) is 19.0 Å². The minimum Gasteiger partial charge on any atom is -0.481 e. The van der Waals surface area contributed by atoms with Crippen molar-refractivity contribution in [2.75, 3.05) is 7.11 Å². The van der Waals surface area contributed by atoms with Gasteiger partial charge in [-0.1, -0.05) is 25.6 Å². The van der Waals surface area contributed by atoms with E-state index in [1.165, 1.54) is 0 Å². The van der Waals surface area contributed by atoms with E-state index in [1.54, 1.807) is 31.4 Å². The van der Waals surface area contributed by atoms with Crippen LogP contribution in [0.2, 0.25) is 0 Å². The average Bonchev–Trinajstić information content (AvgIpc) is 2.86. The highest BCUT2D eigenvalue weighted by Crippen LogP contribution is 2.25. The molecule has 2 heterocycles. The zero-order valence-corrected chi connectivity index (χ0v) is 11.5. The molecule has 0 amide bonds. The molecule has 0 bridgehead atoms. The number of rotatable bonds is 5. The Morgan fingerprint density at radius 3 is 2.89 bits per heavy atom. The zero-order valence-electron chi connectivity index (χ0n) is 10.7. The predicted molar refractivity (Wildman–Crippen MR) is 71.3 cm³/mol. The molecule has 0 fully saturated rings. The summed E-state index contributed by atoms with van der Waals surface area (Å²) < 4.78 is 6.98. The first-order valence-electron chi connectivity index (χ1n) is 5.81. The van der Waals surface area contributed by atoms with Crippen LogP contribution in [0.5, 0.6) is 5.88 Å². The molecule has 0 aliphatic heterocycles. The third-order valence-corrected chi connectivity index (χ3v) is 3.83. The molecule has 5 nitrogen and oxygen atoms in total. The van der Waals surface area contributed by atoms with E-state index in [0.29, 0.717) is 11.1 Å². The van der Waals surface area contributed by atoms with E-state index in [1.807, 2.05) is 16.7 Å². The van der Waals surface area contributed by atoms with Gasteiger partial charge >= 0.3 is 0 Å². The van der Waals surface area contributed by atoms with Crippen molar-refractivity contribution in [1.82, 2.24) is 19.7 Å². The minimum atomic E-state index is 0.513. The maximum atomic E-state index is 5.04. The van der Waals surface area contributed by atoms with Crippen LogP contribution in [0.1, 0.15) is 20.3 Å². The lowest BCUT2D eigenvalue weighted by atomic mass is 10.4. The van der Waals surface area contributed by atoms with Crippen LogP contribution >= 0.6 is 11.8 Å². The Morgan fingerprint density at radius 2 is 2.28 bits per heavy atom. The number of ether oxygens (including phenoxy) is 1. The van der Waals surface area contributed by atoms with E-state index in [9.17, 15) is 0 Å². The van der Waals surface area contributed by atoms with Crippen LogP contribution in [0.3, 0.4) is 0 Å². The minimum absolute atomic E-state index is 0.513. The molecule has 2 aromatic heterocycles. The number of pyridine rings is 1. The Bertz CT molecular complexity index is 497. The van der Waals surface area contributed by atoms with E-state index in [0.717, 1.165) is 17.3 Å². The summed E-state index contributed by atoms with van der Waals surface area (Å²) in [6, 6.07) is 3.77. The molecule has 0 N–H and O–H groups in total. The lowest BCUT2D eigenvalue weighted by Crippen LogP contribution is -2.00. The molecule has 2 rings (SSSR count). The van der Waals surface area contributed by atoms with E-state index in [2.05, 4.69) is 29.0 Å². The second-order valence-electron chi connectivity index (χ2n) is 3.88. The smallest absolute Gasteiger partial charge is 0.213 e. The zero-order chi connectivity index (χ0) is 13.0. The van der Waals surface area contributed by atoms with Crippen molar-refractivity contribution in [3.05, 3.63) is 24.7 Å². The highest BCUT2D eigenvalue weighted by atomic mass is 32.2. The van der Waals surface area contributed by atoms with Crippen molar-refractivity contribution in [3.8, 4) is 11.6 Å². The van der Waals surface area contributed by atoms with Crippen LogP contribution in [0, 0.1) is 0 Å². The Hall–Kier alpha value is -1.56. The molecule has 0 aliphatic rings. The topological polar surface area (TPSA) is 52.8 Å². The molecule has 96 valence electrons. The highest BCUT2D eigenvalue weighted by molar-refractivity contribution is 7.99. The lowest BCUT2D eigenvalue weighted by Gasteiger charge is -2.09. The van der Waals surface area contributed by atoms with Crippen molar-refractivity contribution in [2.45, 2.75) is 30.7 Å². The fourth-order valence-corrected chi connectivity index (χ4v) is 2.27. The van der Waals surface area contributed by atoms with Gasteiger partial charge in [0.2, 0.25) is 5.88 Å². The first-order chi connectivity index (χ1) is 8.74. The van der Waals surface area contributed by atoms with Crippen LogP contribution in [0.15, 0.2) is 29.8 Å². The molecule has 0 spiro atoms. The van der Waals surface area contributed by atoms with Crippen LogP contribution in [0.25, 0.3) is 5.69 Å². The van der Waals surface area contributed by atoms with Crippen LogP contribution < -0.4 is 4.74 Å². The summed E-state index contributed by atoms with van der Waals surface area (Å²) in [7, 11) is 1.60. The van der Waals surface area contributed by atoms with Gasteiger partial charge in [0.15, 0.2) is 5.16 Å². The first-order valence-corrected chi connectivity index (χ1v) is 6.69. The van der Waals surface area contributed by atoms with Gasteiger partial charge in [-0.15, -0.1) is 10.2 Å². The Kier molecular flexibility index (Phi) is 4.19. The van der Waals surface area contributed by atoms with E-state index < -0.39 is 0 Å². The predicted octanol–water partition coefficient (Wildman–Crippen LogP) is 2.56. The number of thioether (sulfide) groups is 1. The molecule has 0 unspecified atom stereocenters. The number of aromatic nitrogens is 4. The van der Waals surface area contributed by atoms with Gasteiger partial charge in [-0.2, -0.15) is 0 Å². The lowest BCUT2D eigenvalue weighted by molar-refractivity contribution is 0.397. The molecule has 0 aromatic carbocycles. The summed E-state index contributed by atoms with van der Waals surface area (Å²) in [4.78, 5) is 4.19. The third-order valence-electron chi connectivity index (χ3n) is 2.61. The number of hydrogen-bond acceptors (Lipinski definition) is 5. The summed E-state index contributed by atoms with van der Waals surface area (Å²) in [6.45, 7) is 4.34. The van der Waals surface area contributed by atoms with Crippen molar-refractivity contribution in [2.24, 2.45) is 0 Å². The van der Waals surface area contributed by atoms with Crippen molar-refractivity contribution in [1.29, 1.82) is 0 Å². The Morgan fingerprint density at radius 1 is 1.44 bits per heavy atom. The summed E-state index contributed by atoms with van der Waals surface area (Å²) in [5, 5.41) is 9.50. The third kappa shape index (κ3) is 2.81. The van der Waals surface area contributed by atoms with Gasteiger partial charge in [0.25, 0.3) is 0 Å². The van der Waals surface area contributed by atoms with Gasteiger partial charge in [-0.25, -0.2) is 4.98 Å². The first kappa shape index (κ1) is 12.9. The molecule has 0 radical (unpaired) electrons. The summed E-state index contributed by atoms with van der Waals surface area (Å²) in [5.74, 6) is 0.600. The second-order valence-corrected chi connectivity index (χ2v) is 5.28. The molecule has 18 heavy (non-hydrogen) atoms. The molecule has 0 saturated carbocycles. The van der Waals surface area contributed by atoms with Gasteiger partial charge in [0.1, 0.15) is 6.33 Å². The highest BCUT2D eigenvalue weighted by Gasteiger charge is 2.10. The summed E-state index contributed by atoms with van der Waals surface area (Å²) >= 11 is 1.71. The summed E-state index contributed by atoms with van der Waals surface area (Å²) in [6.07, 6.45) is 4.55. The molecule has 0 saturated heterocycles. The van der Waals surface area contributed by atoms with Crippen molar-refractivity contribution in [3.63, 3.8) is 0 Å². The van der Waals surface area contributed by atoms with Gasteiger partial charge < -0.3 is 4.74 Å². The van der Waals surface area contributed by atoms with Crippen molar-refractivity contribution >= 4 is 11.8 Å². The number of hydrogen-bond donors (Lipinski definition) is 0. The molecule has 6 heteroatoms. The van der Waals surface area contributed by atoms with Crippen molar-refractivity contribution < 1.29 is 4.74 Å². The number of nitrogens with zero attached hydrogens (tertiary/aromatic N) is 4. The second kappa shape index (κ2) is 5.86. The fourth-order valence-electron chi connectivity index (χ4n) is 1.38. The van der Waals surface area contributed by atoms with E-state index in [-0.39, 0.29) is 0 Å². The van der Waals surface area contributed by atoms with Gasteiger partial charge in [0, 0.05) is 11.3 Å². The van der Waals surface area contributed by atoms with Crippen LogP contribution in [-0.4, -0.2) is 32.1 Å². The van der Waals surface area contributed by atoms with Gasteiger partial charge in [-0.05, 0) is 12.5 Å². The SMILES string of the molecule is CC[C@@H](C)Sc1nncn1-c1ccc(OC)nc1. The molecular formula is C12H16N4OS. The maximum Gasteiger partial charge on any atom is 0.213 e. The standard InChI is InChI=1S/C12H16N4OS/c1-4-9(2)18-12-15-14-8-16(12)10-5-6-11(17-3)13-7-10/h5-9H,4H2,1-3H3/t9-/m1/s1. The Labute approximate surface area is 111 Å². The molecule has 2 aromatic rings. The fraction of sp³-hybridized carbons (Fsp3) is 0.417. The van der Waals surface area contributed by atoms with E-state index in [4.69, 9.17) is 4.74 Å². The van der Waals surface area contributed by atoms with Crippen LogP contribution in [-0.2, 0) is 0 Å². The van der Waals surface area contributed by atoms with E-state index >= 15 is 0 Å². The molecule has 1 atom stereocenters. The molecule has 0 aliphatic carbocycles. The molecular weight excluding hydrogens is 248 g/mol. The number of methoxy groups -OCH3 is 1. The Balaban J connectivity index is 2.24. The largest absolute Gasteiger partial charge is 0.481 e. The summed E-state index contributed by atoms with van der Waals surface area (Å²) in [5.41, 5.74) is 0.937. The monoisotopic (exact) mass is 264 g/mol.